The molecule has 1 aliphatic rings. The second-order valence-corrected chi connectivity index (χ2v) is 5.74. The van der Waals surface area contributed by atoms with E-state index >= 15 is 0 Å². The molecule has 0 saturated heterocycles. The number of halogens is 2. The summed E-state index contributed by atoms with van der Waals surface area (Å²) in [6.07, 6.45) is 2.30. The van der Waals surface area contributed by atoms with E-state index in [4.69, 9.17) is 5.11 Å². The van der Waals surface area contributed by atoms with Crippen LogP contribution in [-0.4, -0.2) is 34.5 Å². The van der Waals surface area contributed by atoms with Gasteiger partial charge in [0, 0.05) is 16.9 Å². The number of aliphatic carboxylic acids is 1. The first-order valence-electron chi connectivity index (χ1n) is 6.42. The van der Waals surface area contributed by atoms with Crippen molar-refractivity contribution in [1.82, 2.24) is 4.90 Å². The second-order valence-electron chi connectivity index (χ2n) is 4.88. The number of rotatable bonds is 6. The van der Waals surface area contributed by atoms with E-state index in [1.807, 2.05) is 0 Å². The smallest absolute Gasteiger partial charge is 0.323 e. The van der Waals surface area contributed by atoms with Crippen LogP contribution in [0.5, 0.6) is 0 Å². The highest BCUT2D eigenvalue weighted by Gasteiger charge is 2.33. The van der Waals surface area contributed by atoms with Gasteiger partial charge in [0.05, 0.1) is 0 Å². The van der Waals surface area contributed by atoms with E-state index in [2.05, 4.69) is 15.9 Å². The van der Waals surface area contributed by atoms with Crippen LogP contribution in [0.1, 0.15) is 24.8 Å². The molecule has 1 amide bonds. The zero-order valence-electron chi connectivity index (χ0n) is 10.8. The summed E-state index contributed by atoms with van der Waals surface area (Å²) in [5, 5.41) is 8.82. The van der Waals surface area contributed by atoms with Gasteiger partial charge in [-0.25, -0.2) is 4.39 Å². The number of hydrogen-bond acceptors (Lipinski definition) is 2. The molecule has 1 N–H and O–H groups in total. The number of aryl methyl sites for hydroxylation is 1. The lowest BCUT2D eigenvalue weighted by Gasteiger charge is -2.20. The highest BCUT2D eigenvalue weighted by atomic mass is 79.9. The Bertz CT molecular complexity index is 531. The van der Waals surface area contributed by atoms with E-state index in [-0.39, 0.29) is 30.7 Å². The molecule has 20 heavy (non-hydrogen) atoms. The van der Waals surface area contributed by atoms with Gasteiger partial charge in [0.25, 0.3) is 0 Å². The molecule has 1 aromatic carbocycles. The SMILES string of the molecule is O=C(O)CN(C(=O)CCc1cc(F)ccc1Br)C1CC1. The fourth-order valence-electron chi connectivity index (χ4n) is 2.07. The number of carbonyl (C=O) groups excluding carboxylic acids is 1. The predicted octanol–water partition coefficient (Wildman–Crippen LogP) is 2.60. The number of hydrogen-bond donors (Lipinski definition) is 1. The Morgan fingerprint density at radius 3 is 2.70 bits per heavy atom. The Labute approximate surface area is 124 Å². The van der Waals surface area contributed by atoms with Crippen molar-refractivity contribution in [1.29, 1.82) is 0 Å². The van der Waals surface area contributed by atoms with Crippen molar-refractivity contribution in [3.8, 4) is 0 Å². The van der Waals surface area contributed by atoms with Crippen molar-refractivity contribution in [2.45, 2.75) is 31.7 Å². The van der Waals surface area contributed by atoms with Gasteiger partial charge in [-0.1, -0.05) is 15.9 Å². The monoisotopic (exact) mass is 343 g/mol. The first kappa shape index (κ1) is 15.0. The van der Waals surface area contributed by atoms with E-state index in [1.54, 1.807) is 6.07 Å². The van der Waals surface area contributed by atoms with Crippen LogP contribution in [0.3, 0.4) is 0 Å². The molecule has 0 heterocycles. The normalized spacial score (nSPS) is 14.1. The third-order valence-electron chi connectivity index (χ3n) is 3.23. The molecule has 0 atom stereocenters. The van der Waals surface area contributed by atoms with Crippen molar-refractivity contribution in [3.63, 3.8) is 0 Å². The first-order chi connectivity index (χ1) is 9.47. The van der Waals surface area contributed by atoms with E-state index in [0.717, 1.165) is 17.3 Å². The maximum absolute atomic E-state index is 13.1. The molecule has 1 saturated carbocycles. The lowest BCUT2D eigenvalue weighted by molar-refractivity contribution is -0.144. The predicted molar refractivity (Wildman–Crippen MR) is 74.8 cm³/mol. The maximum atomic E-state index is 13.1. The summed E-state index contributed by atoms with van der Waals surface area (Å²) in [6.45, 7) is -0.256. The van der Waals surface area contributed by atoms with Crippen LogP contribution in [0.25, 0.3) is 0 Å². The number of benzene rings is 1. The zero-order chi connectivity index (χ0) is 14.7. The molecule has 0 unspecified atom stereocenters. The quantitative estimate of drug-likeness (QED) is 0.863. The van der Waals surface area contributed by atoms with Crippen molar-refractivity contribution in [2.24, 2.45) is 0 Å². The largest absolute Gasteiger partial charge is 0.480 e. The number of amides is 1. The van der Waals surface area contributed by atoms with Gasteiger partial charge in [-0.3, -0.25) is 9.59 Å². The average molecular weight is 344 g/mol. The van der Waals surface area contributed by atoms with Gasteiger partial charge in [-0.15, -0.1) is 0 Å². The molecule has 1 aromatic rings. The minimum absolute atomic E-state index is 0.0644. The van der Waals surface area contributed by atoms with Gasteiger partial charge < -0.3 is 10.0 Å². The highest BCUT2D eigenvalue weighted by molar-refractivity contribution is 9.10. The zero-order valence-corrected chi connectivity index (χ0v) is 12.4. The Morgan fingerprint density at radius 1 is 1.40 bits per heavy atom. The fraction of sp³-hybridized carbons (Fsp3) is 0.429. The molecule has 6 heteroatoms. The summed E-state index contributed by atoms with van der Waals surface area (Å²) in [4.78, 5) is 24.3. The Hall–Kier alpha value is -1.43. The molecular formula is C14H15BrFNO3. The Balaban J connectivity index is 1.96. The number of carboxylic acids is 1. The third kappa shape index (κ3) is 4.03. The van der Waals surface area contributed by atoms with E-state index in [1.165, 1.54) is 17.0 Å². The van der Waals surface area contributed by atoms with Gasteiger partial charge in [0.1, 0.15) is 12.4 Å². The summed E-state index contributed by atoms with van der Waals surface area (Å²) in [6, 6.07) is 4.40. The third-order valence-corrected chi connectivity index (χ3v) is 4.00. The van der Waals surface area contributed by atoms with Crippen LogP contribution in [0.2, 0.25) is 0 Å². The van der Waals surface area contributed by atoms with Gasteiger partial charge in [-0.2, -0.15) is 0 Å². The molecule has 0 aliphatic heterocycles. The molecular weight excluding hydrogens is 329 g/mol. The molecule has 1 fully saturated rings. The van der Waals surface area contributed by atoms with Crippen molar-refractivity contribution in [2.75, 3.05) is 6.54 Å². The van der Waals surface area contributed by atoms with Gasteiger partial charge >= 0.3 is 5.97 Å². The Kier molecular flexibility index (Phi) is 4.75. The van der Waals surface area contributed by atoms with E-state index < -0.39 is 5.97 Å². The molecule has 1 aliphatic carbocycles. The van der Waals surface area contributed by atoms with Crippen LogP contribution in [0.4, 0.5) is 4.39 Å². The molecule has 0 bridgehead atoms. The van der Waals surface area contributed by atoms with Gasteiger partial charge in [0.2, 0.25) is 5.91 Å². The lowest BCUT2D eigenvalue weighted by atomic mass is 10.1. The van der Waals surface area contributed by atoms with Crippen molar-refractivity contribution in [3.05, 3.63) is 34.1 Å². The highest BCUT2D eigenvalue weighted by Crippen LogP contribution is 2.28. The summed E-state index contributed by atoms with van der Waals surface area (Å²) < 4.78 is 13.9. The van der Waals surface area contributed by atoms with E-state index in [0.29, 0.717) is 12.0 Å². The van der Waals surface area contributed by atoms with Crippen LogP contribution in [0, 0.1) is 5.82 Å². The minimum Gasteiger partial charge on any atom is -0.480 e. The summed E-state index contributed by atoms with van der Waals surface area (Å²) >= 11 is 3.31. The molecule has 0 radical (unpaired) electrons. The minimum atomic E-state index is -1.00. The van der Waals surface area contributed by atoms with Crippen molar-refractivity contribution < 1.29 is 19.1 Å². The number of carbonyl (C=O) groups is 2. The lowest BCUT2D eigenvalue weighted by Crippen LogP contribution is -2.37. The average Bonchev–Trinajstić information content (AvgIpc) is 3.20. The maximum Gasteiger partial charge on any atom is 0.323 e. The van der Waals surface area contributed by atoms with Crippen molar-refractivity contribution >= 4 is 27.8 Å². The van der Waals surface area contributed by atoms with E-state index in [9.17, 15) is 14.0 Å². The van der Waals surface area contributed by atoms with Crippen LogP contribution >= 0.6 is 15.9 Å². The van der Waals surface area contributed by atoms with Gasteiger partial charge in [-0.05, 0) is 43.0 Å². The summed E-state index contributed by atoms with van der Waals surface area (Å²) in [5.74, 6) is -1.54. The molecule has 2 rings (SSSR count). The molecule has 4 nitrogen and oxygen atoms in total. The van der Waals surface area contributed by atoms with Crippen LogP contribution in [-0.2, 0) is 16.0 Å². The first-order valence-corrected chi connectivity index (χ1v) is 7.22. The Morgan fingerprint density at radius 2 is 2.10 bits per heavy atom. The summed E-state index contributed by atoms with van der Waals surface area (Å²) in [5.41, 5.74) is 0.712. The number of nitrogens with zero attached hydrogens (tertiary/aromatic N) is 1. The molecule has 108 valence electrons. The standard InChI is InChI=1S/C14H15BrFNO3/c15-12-5-2-10(16)7-9(12)1-6-13(18)17(8-14(19)20)11-3-4-11/h2,5,7,11H,1,3-4,6,8H2,(H,19,20). The summed E-state index contributed by atoms with van der Waals surface area (Å²) in [7, 11) is 0. The fourth-order valence-corrected chi connectivity index (χ4v) is 2.52. The molecule has 0 spiro atoms. The second kappa shape index (κ2) is 6.35. The van der Waals surface area contributed by atoms with Crippen LogP contribution < -0.4 is 0 Å². The topological polar surface area (TPSA) is 57.6 Å². The van der Waals surface area contributed by atoms with Crippen LogP contribution in [0.15, 0.2) is 22.7 Å². The number of carboxylic acid groups (broad SMARTS) is 1. The van der Waals surface area contributed by atoms with Gasteiger partial charge in [0.15, 0.2) is 0 Å². The molecule has 0 aromatic heterocycles.